The maximum absolute atomic E-state index is 13.7. The van der Waals surface area contributed by atoms with Crippen molar-refractivity contribution in [2.24, 2.45) is 11.0 Å². The Morgan fingerprint density at radius 2 is 1.47 bits per heavy atom. The third-order valence-electron chi connectivity index (χ3n) is 6.08. The maximum Gasteiger partial charge on any atom is 0.336 e. The molecule has 0 saturated carbocycles. The Bertz CT molecular complexity index is 1550. The highest BCUT2D eigenvalue weighted by molar-refractivity contribution is 6.39. The first kappa shape index (κ1) is 20.4. The lowest BCUT2D eigenvalue weighted by Crippen LogP contribution is -2.39. The number of para-hydroxylation sites is 2. The fraction of sp³-hybridized carbons (Fsp3) is 0.0769. The number of carbonyl (C=O) groups excluding carboxylic acids is 2. The summed E-state index contributed by atoms with van der Waals surface area (Å²) in [6, 6.07) is 23.3. The van der Waals surface area contributed by atoms with Gasteiger partial charge in [0, 0.05) is 17.0 Å². The van der Waals surface area contributed by atoms with E-state index in [1.807, 2.05) is 36.4 Å². The molecule has 7 nitrogen and oxygen atoms in total. The second-order valence-electron chi connectivity index (χ2n) is 8.03. The van der Waals surface area contributed by atoms with Crippen molar-refractivity contribution in [1.29, 1.82) is 0 Å². The number of rotatable bonds is 3. The first-order valence-corrected chi connectivity index (χ1v) is 11.0. The van der Waals surface area contributed by atoms with Crippen LogP contribution in [0, 0.1) is 5.92 Å². The number of amides is 2. The Labute approximate surface area is 198 Å². The van der Waals surface area contributed by atoms with E-state index in [9.17, 15) is 14.4 Å². The Balaban J connectivity index is 1.59. The Morgan fingerprint density at radius 1 is 0.794 bits per heavy atom. The van der Waals surface area contributed by atoms with Crippen molar-refractivity contribution in [1.82, 2.24) is 0 Å². The largest absolute Gasteiger partial charge is 0.423 e. The van der Waals surface area contributed by atoms with Gasteiger partial charge in [-0.25, -0.2) is 9.69 Å². The molecule has 3 aromatic carbocycles. The van der Waals surface area contributed by atoms with Crippen LogP contribution in [0.3, 0.4) is 0 Å². The summed E-state index contributed by atoms with van der Waals surface area (Å²) < 4.78 is 5.33. The smallest absolute Gasteiger partial charge is 0.336 e. The minimum atomic E-state index is -0.922. The molecule has 0 spiro atoms. The van der Waals surface area contributed by atoms with Crippen molar-refractivity contribution in [3.05, 3.63) is 106 Å². The molecule has 4 aromatic rings. The summed E-state index contributed by atoms with van der Waals surface area (Å²) in [5.74, 6) is -1.72. The van der Waals surface area contributed by atoms with E-state index in [2.05, 4.69) is 0 Å². The monoisotopic (exact) mass is 469 g/mol. The normalized spacial score (nSPS) is 19.6. The van der Waals surface area contributed by atoms with Crippen LogP contribution in [0.2, 0.25) is 5.02 Å². The molecule has 8 heteroatoms. The molecule has 6 rings (SSSR count). The Kier molecular flexibility index (Phi) is 4.60. The van der Waals surface area contributed by atoms with Crippen LogP contribution in [-0.4, -0.2) is 23.6 Å². The van der Waals surface area contributed by atoms with Gasteiger partial charge in [0.2, 0.25) is 5.91 Å². The van der Waals surface area contributed by atoms with Gasteiger partial charge in [-0.3, -0.25) is 14.6 Å². The zero-order valence-electron chi connectivity index (χ0n) is 17.6. The van der Waals surface area contributed by atoms with E-state index in [1.165, 1.54) is 11.0 Å². The van der Waals surface area contributed by atoms with Gasteiger partial charge in [-0.05, 0) is 36.4 Å². The van der Waals surface area contributed by atoms with E-state index in [-0.39, 0.29) is 11.5 Å². The highest BCUT2D eigenvalue weighted by Crippen LogP contribution is 2.40. The van der Waals surface area contributed by atoms with Gasteiger partial charge in [-0.1, -0.05) is 54.1 Å². The van der Waals surface area contributed by atoms with Gasteiger partial charge in [0.15, 0.2) is 0 Å². The van der Waals surface area contributed by atoms with E-state index in [4.69, 9.17) is 21.1 Å². The molecular weight excluding hydrogens is 454 g/mol. The average Bonchev–Trinajstić information content (AvgIpc) is 3.36. The molecule has 1 saturated heterocycles. The van der Waals surface area contributed by atoms with Crippen LogP contribution in [0.1, 0.15) is 5.56 Å². The number of hydrogen-bond acceptors (Lipinski definition) is 6. The minimum absolute atomic E-state index is 0.282. The predicted octanol–water partition coefficient (Wildman–Crippen LogP) is 4.23. The van der Waals surface area contributed by atoms with Gasteiger partial charge in [0.25, 0.3) is 5.91 Å². The molecule has 0 bridgehead atoms. The van der Waals surface area contributed by atoms with Gasteiger partial charge < -0.3 is 4.42 Å². The molecule has 0 aliphatic carbocycles. The molecule has 34 heavy (non-hydrogen) atoms. The summed E-state index contributed by atoms with van der Waals surface area (Å²) in [5, 5.41) is 7.09. The molecule has 0 N–H and O–H groups in total. The first-order chi connectivity index (χ1) is 16.5. The standard InChI is InChI=1S/C26H16ClN3O4/c27-18-12-7-13-19-21(18)17(14-20(31)34-19)23-22-24(30(28-23)16-10-5-2-6-11-16)26(33)29(25(22)32)15-8-3-1-4-9-15/h1-14,22,24H. The summed E-state index contributed by atoms with van der Waals surface area (Å²) in [6.45, 7) is 0. The zero-order chi connectivity index (χ0) is 23.4. The first-order valence-electron chi connectivity index (χ1n) is 10.6. The zero-order valence-corrected chi connectivity index (χ0v) is 18.3. The number of fused-ring (bicyclic) bond motifs is 2. The molecule has 2 atom stereocenters. The minimum Gasteiger partial charge on any atom is -0.423 e. The Morgan fingerprint density at radius 3 is 2.18 bits per heavy atom. The quantitative estimate of drug-likeness (QED) is 0.331. The van der Waals surface area contributed by atoms with Crippen LogP contribution < -0.4 is 15.5 Å². The van der Waals surface area contributed by atoms with Crippen LogP contribution in [0.15, 0.2) is 99.2 Å². The second kappa shape index (κ2) is 7.67. The molecule has 1 aromatic heterocycles. The molecule has 0 radical (unpaired) electrons. The number of halogens is 1. The number of nitrogens with zero attached hydrogens (tertiary/aromatic N) is 3. The van der Waals surface area contributed by atoms with Crippen molar-refractivity contribution < 1.29 is 14.0 Å². The summed E-state index contributed by atoms with van der Waals surface area (Å²) in [5.41, 5.74) is 1.50. The van der Waals surface area contributed by atoms with E-state index >= 15 is 0 Å². The van der Waals surface area contributed by atoms with E-state index in [0.29, 0.717) is 33.1 Å². The fourth-order valence-corrected chi connectivity index (χ4v) is 4.91. The third-order valence-corrected chi connectivity index (χ3v) is 6.39. The van der Waals surface area contributed by atoms with Crippen LogP contribution in [0.5, 0.6) is 0 Å². The lowest BCUT2D eigenvalue weighted by atomic mass is 9.91. The lowest BCUT2D eigenvalue weighted by molar-refractivity contribution is -0.121. The van der Waals surface area contributed by atoms with Crippen molar-refractivity contribution >= 4 is 51.5 Å². The summed E-state index contributed by atoms with van der Waals surface area (Å²) in [6.07, 6.45) is 0. The lowest BCUT2D eigenvalue weighted by Gasteiger charge is -2.22. The van der Waals surface area contributed by atoms with Crippen molar-refractivity contribution in [3.63, 3.8) is 0 Å². The second-order valence-corrected chi connectivity index (χ2v) is 8.43. The number of anilines is 2. The van der Waals surface area contributed by atoms with Crippen LogP contribution in [0.25, 0.3) is 11.0 Å². The van der Waals surface area contributed by atoms with E-state index in [1.54, 1.807) is 47.5 Å². The van der Waals surface area contributed by atoms with Crippen LogP contribution in [-0.2, 0) is 9.59 Å². The molecule has 2 unspecified atom stereocenters. The Hall–Kier alpha value is -4.23. The number of carbonyl (C=O) groups is 2. The van der Waals surface area contributed by atoms with Crippen LogP contribution in [0.4, 0.5) is 11.4 Å². The third kappa shape index (κ3) is 2.98. The van der Waals surface area contributed by atoms with Crippen molar-refractivity contribution in [3.8, 4) is 0 Å². The molecule has 2 amide bonds. The van der Waals surface area contributed by atoms with Crippen molar-refractivity contribution in [2.45, 2.75) is 6.04 Å². The molecular formula is C26H16ClN3O4. The number of benzene rings is 3. The van der Waals surface area contributed by atoms with Gasteiger partial charge in [-0.15, -0.1) is 0 Å². The van der Waals surface area contributed by atoms with Gasteiger partial charge in [-0.2, -0.15) is 5.10 Å². The summed E-state index contributed by atoms with van der Waals surface area (Å²) in [4.78, 5) is 41.0. The molecule has 1 fully saturated rings. The van der Waals surface area contributed by atoms with Crippen molar-refractivity contribution in [2.75, 3.05) is 9.91 Å². The van der Waals surface area contributed by atoms with Crippen LogP contribution >= 0.6 is 11.6 Å². The number of hydrogen-bond donors (Lipinski definition) is 0. The average molecular weight is 470 g/mol. The summed E-state index contributed by atoms with van der Waals surface area (Å²) in [7, 11) is 0. The summed E-state index contributed by atoms with van der Waals surface area (Å²) >= 11 is 6.49. The molecule has 166 valence electrons. The SMILES string of the molecule is O=C1C2C(c3cc(=O)oc4cccc(Cl)c34)=NN(c3ccccc3)C2C(=O)N1c1ccccc1. The molecule has 3 heterocycles. The topological polar surface area (TPSA) is 83.2 Å². The maximum atomic E-state index is 13.7. The van der Waals surface area contributed by atoms with Gasteiger partial charge >= 0.3 is 5.63 Å². The van der Waals surface area contributed by atoms with E-state index < -0.39 is 23.5 Å². The molecule has 2 aliphatic heterocycles. The van der Waals surface area contributed by atoms with E-state index in [0.717, 1.165) is 0 Å². The fourth-order valence-electron chi connectivity index (χ4n) is 4.64. The predicted molar refractivity (Wildman–Crippen MR) is 129 cm³/mol. The highest BCUT2D eigenvalue weighted by atomic mass is 35.5. The number of hydrazone groups is 1. The van der Waals surface area contributed by atoms with Gasteiger partial charge in [0.1, 0.15) is 17.5 Å². The molecule has 2 aliphatic rings. The number of imide groups is 1. The van der Waals surface area contributed by atoms with Gasteiger partial charge in [0.05, 0.1) is 22.1 Å². The highest BCUT2D eigenvalue weighted by Gasteiger charge is 2.57.